The molecule has 0 saturated heterocycles. The number of imidazole rings is 1. The van der Waals surface area contributed by atoms with E-state index in [0.717, 1.165) is 27.8 Å². The molecule has 2 heterocycles. The molecule has 1 amide bonds. The Bertz CT molecular complexity index is 1390. The highest BCUT2D eigenvalue weighted by molar-refractivity contribution is 6.35. The monoisotopic (exact) mass is 462 g/mol. The van der Waals surface area contributed by atoms with Crippen LogP contribution < -0.4 is 10.6 Å². The van der Waals surface area contributed by atoms with Gasteiger partial charge in [0.05, 0.1) is 22.6 Å². The number of benzene rings is 3. The molecule has 5 rings (SSSR count). The highest BCUT2D eigenvalue weighted by Gasteiger charge is 2.35. The van der Waals surface area contributed by atoms with Gasteiger partial charge in [-0.15, -0.1) is 0 Å². The molecule has 4 aromatic rings. The molecule has 0 bridgehead atoms. The van der Waals surface area contributed by atoms with Crippen LogP contribution in [0.4, 0.5) is 11.6 Å². The van der Waals surface area contributed by atoms with Gasteiger partial charge in [0.1, 0.15) is 0 Å². The van der Waals surface area contributed by atoms with Crippen LogP contribution in [0.25, 0.3) is 11.0 Å². The van der Waals surface area contributed by atoms with E-state index in [4.69, 9.17) is 28.2 Å². The molecule has 32 heavy (non-hydrogen) atoms. The highest BCUT2D eigenvalue weighted by Crippen LogP contribution is 2.42. The number of halogens is 2. The lowest BCUT2D eigenvalue weighted by molar-refractivity contribution is -0.113. The number of aryl methyl sites for hydroxylation is 1. The van der Waals surface area contributed by atoms with Crippen molar-refractivity contribution in [2.24, 2.45) is 0 Å². The topological polar surface area (TPSA) is 59.0 Å². The van der Waals surface area contributed by atoms with Crippen LogP contribution in [-0.4, -0.2) is 15.5 Å². The first-order valence-corrected chi connectivity index (χ1v) is 11.0. The molecule has 1 aliphatic rings. The van der Waals surface area contributed by atoms with Crippen LogP contribution >= 0.6 is 23.2 Å². The van der Waals surface area contributed by atoms with E-state index in [9.17, 15) is 4.79 Å². The standard InChI is InChI=1S/C25H20Cl2N4O/c1-14-7-10-17(11-8-14)29-24(32)22-15(2)28-25-30-20-5-3-4-6-21(20)31(25)23(22)18-12-9-16(26)13-19(18)27/h3-13,23H,1-2H3,(H,28,30)(H,29,32)/t23-/m0/s1. The van der Waals surface area contributed by atoms with Gasteiger partial charge in [0.15, 0.2) is 0 Å². The molecule has 0 unspecified atom stereocenters. The van der Waals surface area contributed by atoms with Gasteiger partial charge >= 0.3 is 0 Å². The molecular weight excluding hydrogens is 443 g/mol. The smallest absolute Gasteiger partial charge is 0.255 e. The summed E-state index contributed by atoms with van der Waals surface area (Å²) in [5.41, 5.74) is 5.63. The van der Waals surface area contributed by atoms with Crippen LogP contribution in [0.15, 0.2) is 78.0 Å². The summed E-state index contributed by atoms with van der Waals surface area (Å²) < 4.78 is 2.02. The number of aromatic nitrogens is 2. The Kier molecular flexibility index (Phi) is 5.16. The summed E-state index contributed by atoms with van der Waals surface area (Å²) in [6.07, 6.45) is 0. The first kappa shape index (κ1) is 20.6. The molecule has 1 aliphatic heterocycles. The van der Waals surface area contributed by atoms with E-state index in [-0.39, 0.29) is 5.91 Å². The van der Waals surface area contributed by atoms with Crippen molar-refractivity contribution in [1.82, 2.24) is 9.55 Å². The fraction of sp³-hybridized carbons (Fsp3) is 0.120. The molecule has 5 nitrogen and oxygen atoms in total. The van der Waals surface area contributed by atoms with Crippen molar-refractivity contribution < 1.29 is 4.79 Å². The molecule has 1 aromatic heterocycles. The van der Waals surface area contributed by atoms with Crippen LogP contribution in [-0.2, 0) is 4.79 Å². The zero-order chi connectivity index (χ0) is 22.4. The molecule has 3 aromatic carbocycles. The van der Waals surface area contributed by atoms with E-state index in [0.29, 0.717) is 27.3 Å². The van der Waals surface area contributed by atoms with Crippen LogP contribution in [0.2, 0.25) is 10.0 Å². The fourth-order valence-electron chi connectivity index (χ4n) is 4.11. The maximum atomic E-state index is 13.6. The minimum Gasteiger partial charge on any atom is -0.329 e. The van der Waals surface area contributed by atoms with Gasteiger partial charge in [-0.3, -0.25) is 9.36 Å². The number of hydrogen-bond donors (Lipinski definition) is 2. The lowest BCUT2D eigenvalue weighted by Gasteiger charge is -2.31. The first-order chi connectivity index (χ1) is 15.4. The molecule has 0 aliphatic carbocycles. The van der Waals surface area contributed by atoms with Crippen LogP contribution in [0.5, 0.6) is 0 Å². The second kappa shape index (κ2) is 8.01. The second-order valence-electron chi connectivity index (χ2n) is 7.85. The molecule has 0 spiro atoms. The highest BCUT2D eigenvalue weighted by atomic mass is 35.5. The number of fused-ring (bicyclic) bond motifs is 3. The summed E-state index contributed by atoms with van der Waals surface area (Å²) in [6, 6.07) is 20.4. The van der Waals surface area contributed by atoms with E-state index in [2.05, 4.69) is 10.6 Å². The Labute approximate surface area is 195 Å². The average molecular weight is 463 g/mol. The lowest BCUT2D eigenvalue weighted by atomic mass is 9.94. The molecule has 0 saturated carbocycles. The van der Waals surface area contributed by atoms with Crippen LogP contribution in [0.3, 0.4) is 0 Å². The minimum atomic E-state index is -0.478. The van der Waals surface area contributed by atoms with Gasteiger partial charge in [0.25, 0.3) is 5.91 Å². The Morgan fingerprint density at radius 1 is 1.03 bits per heavy atom. The van der Waals surface area contributed by atoms with Gasteiger partial charge in [-0.2, -0.15) is 0 Å². The number of anilines is 2. The van der Waals surface area contributed by atoms with Gasteiger partial charge in [0, 0.05) is 21.4 Å². The van der Waals surface area contributed by atoms with E-state index in [1.54, 1.807) is 12.1 Å². The predicted molar refractivity (Wildman–Crippen MR) is 130 cm³/mol. The summed E-state index contributed by atoms with van der Waals surface area (Å²) in [6.45, 7) is 3.89. The van der Waals surface area contributed by atoms with E-state index in [1.165, 1.54) is 0 Å². The number of carbonyl (C=O) groups is 1. The van der Waals surface area contributed by atoms with Gasteiger partial charge in [-0.05, 0) is 55.8 Å². The largest absolute Gasteiger partial charge is 0.329 e. The molecule has 1 atom stereocenters. The first-order valence-electron chi connectivity index (χ1n) is 10.2. The van der Waals surface area contributed by atoms with Crippen LogP contribution in [0, 0.1) is 6.92 Å². The van der Waals surface area contributed by atoms with Crippen molar-refractivity contribution in [3.63, 3.8) is 0 Å². The number of para-hydroxylation sites is 2. The van der Waals surface area contributed by atoms with Crippen molar-refractivity contribution in [1.29, 1.82) is 0 Å². The summed E-state index contributed by atoms with van der Waals surface area (Å²) in [5, 5.41) is 7.36. The maximum Gasteiger partial charge on any atom is 0.255 e. The number of carbonyl (C=O) groups excluding carboxylic acids is 1. The van der Waals surface area contributed by atoms with Gasteiger partial charge in [0.2, 0.25) is 5.95 Å². The van der Waals surface area contributed by atoms with Crippen molar-refractivity contribution >= 4 is 51.8 Å². The Balaban J connectivity index is 1.68. The van der Waals surface area contributed by atoms with Crippen molar-refractivity contribution in [2.75, 3.05) is 10.6 Å². The van der Waals surface area contributed by atoms with Gasteiger partial charge in [-0.25, -0.2) is 4.98 Å². The number of rotatable bonds is 3. The number of amides is 1. The molecule has 0 radical (unpaired) electrons. The van der Waals surface area contributed by atoms with E-state index in [1.807, 2.05) is 73.0 Å². The number of nitrogens with one attached hydrogen (secondary N) is 2. The van der Waals surface area contributed by atoms with E-state index < -0.39 is 6.04 Å². The summed E-state index contributed by atoms with van der Waals surface area (Å²) in [7, 11) is 0. The number of allylic oxidation sites excluding steroid dienone is 1. The Hall–Kier alpha value is -3.28. The van der Waals surface area contributed by atoms with Crippen molar-refractivity contribution in [2.45, 2.75) is 19.9 Å². The molecular formula is C25H20Cl2N4O. The van der Waals surface area contributed by atoms with Gasteiger partial charge < -0.3 is 10.6 Å². The van der Waals surface area contributed by atoms with Gasteiger partial charge in [-0.1, -0.05) is 59.1 Å². The maximum absolute atomic E-state index is 13.6. The molecule has 0 fully saturated rings. The van der Waals surface area contributed by atoms with E-state index >= 15 is 0 Å². The zero-order valence-electron chi connectivity index (χ0n) is 17.5. The second-order valence-corrected chi connectivity index (χ2v) is 8.69. The predicted octanol–water partition coefficient (Wildman–Crippen LogP) is 6.58. The quantitative estimate of drug-likeness (QED) is 0.361. The SMILES string of the molecule is CC1=C(C(=O)Nc2ccc(C)cc2)[C@H](c2ccc(Cl)cc2Cl)n2c(nc3ccccc32)N1. The third-order valence-electron chi connectivity index (χ3n) is 5.64. The summed E-state index contributed by atoms with van der Waals surface area (Å²) in [4.78, 5) is 18.3. The normalized spacial score (nSPS) is 15.4. The molecule has 7 heteroatoms. The summed E-state index contributed by atoms with van der Waals surface area (Å²) in [5.74, 6) is 0.449. The number of nitrogens with zero attached hydrogens (tertiary/aromatic N) is 2. The number of hydrogen-bond acceptors (Lipinski definition) is 3. The third kappa shape index (κ3) is 3.53. The van der Waals surface area contributed by atoms with Crippen molar-refractivity contribution in [3.05, 3.63) is 99.2 Å². The third-order valence-corrected chi connectivity index (χ3v) is 6.20. The minimum absolute atomic E-state index is 0.210. The molecule has 160 valence electrons. The zero-order valence-corrected chi connectivity index (χ0v) is 19.0. The van der Waals surface area contributed by atoms with Crippen LogP contribution in [0.1, 0.15) is 24.1 Å². The Morgan fingerprint density at radius 2 is 1.78 bits per heavy atom. The lowest BCUT2D eigenvalue weighted by Crippen LogP contribution is -2.31. The van der Waals surface area contributed by atoms with Crippen molar-refractivity contribution in [3.8, 4) is 0 Å². The fourth-order valence-corrected chi connectivity index (χ4v) is 4.62. The average Bonchev–Trinajstić information content (AvgIpc) is 3.12. The Morgan fingerprint density at radius 3 is 2.53 bits per heavy atom. The summed E-state index contributed by atoms with van der Waals surface area (Å²) >= 11 is 12.8. The molecule has 2 N–H and O–H groups in total.